The third-order valence-corrected chi connectivity index (χ3v) is 4.86. The van der Waals surface area contributed by atoms with Crippen LogP contribution < -0.4 is 15.4 Å². The molecule has 0 aliphatic rings. The van der Waals surface area contributed by atoms with Crippen LogP contribution in [0.25, 0.3) is 0 Å². The summed E-state index contributed by atoms with van der Waals surface area (Å²) in [5.74, 6) is -3.75. The van der Waals surface area contributed by atoms with Gasteiger partial charge in [0.15, 0.2) is 0 Å². The predicted molar refractivity (Wildman–Crippen MR) is 114 cm³/mol. The van der Waals surface area contributed by atoms with Crippen LogP contribution in [0.5, 0.6) is 5.75 Å². The standard InChI is InChI=1S/C22H17F3N2O3S/c1-30-19-10-7-16(12-18(19)27-21(29)14-3-2-4-15(23)11-14)26-20(28)13-5-8-17(9-6-13)31-22(24)25/h2-12,22H,1H3,(H,26,28)(H,27,29). The number of methoxy groups -OCH3 is 1. The Balaban J connectivity index is 1.75. The van der Waals surface area contributed by atoms with Gasteiger partial charge in [-0.05, 0) is 60.7 Å². The number of hydrogen-bond donors (Lipinski definition) is 2. The quantitative estimate of drug-likeness (QED) is 0.460. The number of thioether (sulfide) groups is 1. The number of carbonyl (C=O) groups excluding carboxylic acids is 2. The summed E-state index contributed by atoms with van der Waals surface area (Å²) >= 11 is 0.391. The van der Waals surface area contributed by atoms with Gasteiger partial charge in [-0.15, -0.1) is 0 Å². The second-order valence-corrected chi connectivity index (χ2v) is 7.30. The zero-order valence-electron chi connectivity index (χ0n) is 16.2. The fourth-order valence-electron chi connectivity index (χ4n) is 2.70. The molecule has 3 aromatic carbocycles. The van der Waals surface area contributed by atoms with E-state index in [-0.39, 0.29) is 16.8 Å². The maximum atomic E-state index is 13.4. The van der Waals surface area contributed by atoms with Crippen molar-refractivity contribution in [1.29, 1.82) is 0 Å². The molecule has 0 aromatic heterocycles. The number of benzene rings is 3. The fraction of sp³-hybridized carbons (Fsp3) is 0.0909. The molecule has 0 heterocycles. The van der Waals surface area contributed by atoms with Gasteiger partial charge in [-0.25, -0.2) is 4.39 Å². The molecule has 0 aliphatic carbocycles. The van der Waals surface area contributed by atoms with Crippen molar-refractivity contribution in [2.75, 3.05) is 17.7 Å². The van der Waals surface area contributed by atoms with Crippen LogP contribution in [0, 0.1) is 5.82 Å². The van der Waals surface area contributed by atoms with E-state index in [1.165, 1.54) is 55.6 Å². The molecule has 0 fully saturated rings. The third-order valence-electron chi connectivity index (χ3n) is 4.13. The summed E-state index contributed by atoms with van der Waals surface area (Å²) in [4.78, 5) is 25.2. The zero-order chi connectivity index (χ0) is 22.4. The molecule has 0 unspecified atom stereocenters. The SMILES string of the molecule is COc1ccc(NC(=O)c2ccc(SC(F)F)cc2)cc1NC(=O)c1cccc(F)c1. The highest BCUT2D eigenvalue weighted by Crippen LogP contribution is 2.29. The Bertz CT molecular complexity index is 1090. The molecule has 31 heavy (non-hydrogen) atoms. The van der Waals surface area contributed by atoms with Crippen LogP contribution >= 0.6 is 11.8 Å². The van der Waals surface area contributed by atoms with Crippen molar-refractivity contribution in [2.24, 2.45) is 0 Å². The third kappa shape index (κ3) is 6.02. The first-order chi connectivity index (χ1) is 14.9. The van der Waals surface area contributed by atoms with E-state index in [9.17, 15) is 22.8 Å². The van der Waals surface area contributed by atoms with E-state index in [0.717, 1.165) is 6.07 Å². The number of alkyl halides is 2. The molecule has 0 spiro atoms. The van der Waals surface area contributed by atoms with Gasteiger partial charge >= 0.3 is 0 Å². The number of nitrogens with one attached hydrogen (secondary N) is 2. The maximum absolute atomic E-state index is 13.4. The summed E-state index contributed by atoms with van der Waals surface area (Å²) < 4.78 is 43.4. The van der Waals surface area contributed by atoms with E-state index in [1.807, 2.05) is 0 Å². The molecule has 5 nitrogen and oxygen atoms in total. The largest absolute Gasteiger partial charge is 0.495 e. The minimum absolute atomic E-state index is 0.123. The van der Waals surface area contributed by atoms with Crippen LogP contribution in [0.3, 0.4) is 0 Å². The lowest BCUT2D eigenvalue weighted by Gasteiger charge is -2.13. The molecule has 0 bridgehead atoms. The second kappa shape index (κ2) is 10.0. The molecule has 0 atom stereocenters. The van der Waals surface area contributed by atoms with E-state index in [0.29, 0.717) is 28.1 Å². The second-order valence-electron chi connectivity index (χ2n) is 6.24. The predicted octanol–water partition coefficient (Wildman–Crippen LogP) is 5.65. The van der Waals surface area contributed by atoms with Crippen LogP contribution in [-0.4, -0.2) is 24.7 Å². The highest BCUT2D eigenvalue weighted by molar-refractivity contribution is 7.99. The van der Waals surface area contributed by atoms with Crippen molar-refractivity contribution >= 4 is 35.0 Å². The van der Waals surface area contributed by atoms with Crippen molar-refractivity contribution in [3.05, 3.63) is 83.7 Å². The van der Waals surface area contributed by atoms with E-state index in [1.54, 1.807) is 12.1 Å². The van der Waals surface area contributed by atoms with Gasteiger partial charge in [-0.1, -0.05) is 17.8 Å². The molecule has 0 saturated heterocycles. The summed E-state index contributed by atoms with van der Waals surface area (Å²) in [7, 11) is 1.42. The smallest absolute Gasteiger partial charge is 0.288 e. The van der Waals surface area contributed by atoms with Crippen LogP contribution in [-0.2, 0) is 0 Å². The van der Waals surface area contributed by atoms with Crippen molar-refractivity contribution in [3.63, 3.8) is 0 Å². The van der Waals surface area contributed by atoms with Crippen LogP contribution in [0.1, 0.15) is 20.7 Å². The first kappa shape index (κ1) is 22.2. The van der Waals surface area contributed by atoms with Crippen LogP contribution in [0.2, 0.25) is 0 Å². The normalized spacial score (nSPS) is 10.6. The summed E-state index contributed by atoms with van der Waals surface area (Å²) in [6.07, 6.45) is 0. The molecule has 3 aromatic rings. The van der Waals surface area contributed by atoms with E-state index < -0.39 is 23.4 Å². The molecular weight excluding hydrogens is 429 g/mol. The maximum Gasteiger partial charge on any atom is 0.288 e. The van der Waals surface area contributed by atoms with Gasteiger partial charge in [-0.2, -0.15) is 8.78 Å². The highest BCUT2D eigenvalue weighted by Gasteiger charge is 2.13. The molecule has 9 heteroatoms. The number of amides is 2. The average molecular weight is 446 g/mol. The van der Waals surface area contributed by atoms with E-state index in [4.69, 9.17) is 4.74 Å². The summed E-state index contributed by atoms with van der Waals surface area (Å²) in [5, 5.41) is 5.30. The topological polar surface area (TPSA) is 67.4 Å². The van der Waals surface area contributed by atoms with Gasteiger partial charge < -0.3 is 15.4 Å². The Hall–Kier alpha value is -3.46. The first-order valence-corrected chi connectivity index (χ1v) is 9.85. The van der Waals surface area contributed by atoms with E-state index in [2.05, 4.69) is 10.6 Å². The Morgan fingerprint density at radius 3 is 2.26 bits per heavy atom. The van der Waals surface area contributed by atoms with Crippen LogP contribution in [0.4, 0.5) is 24.5 Å². The van der Waals surface area contributed by atoms with Gasteiger partial charge in [0.2, 0.25) is 0 Å². The molecule has 160 valence electrons. The van der Waals surface area contributed by atoms with Gasteiger partial charge in [-0.3, -0.25) is 9.59 Å². The number of hydrogen-bond acceptors (Lipinski definition) is 4. The first-order valence-electron chi connectivity index (χ1n) is 8.97. The Labute approximate surface area is 180 Å². The molecule has 2 amide bonds. The summed E-state index contributed by atoms with van der Waals surface area (Å²) in [6, 6.07) is 15.6. The minimum Gasteiger partial charge on any atom is -0.495 e. The number of halogens is 3. The molecule has 0 aliphatic heterocycles. The van der Waals surface area contributed by atoms with Crippen molar-refractivity contribution in [1.82, 2.24) is 0 Å². The number of carbonyl (C=O) groups is 2. The van der Waals surface area contributed by atoms with E-state index >= 15 is 0 Å². The lowest BCUT2D eigenvalue weighted by Crippen LogP contribution is -2.15. The van der Waals surface area contributed by atoms with Crippen molar-refractivity contribution < 1.29 is 27.5 Å². The minimum atomic E-state index is -2.54. The lowest BCUT2D eigenvalue weighted by molar-refractivity contribution is 0.101. The van der Waals surface area contributed by atoms with Gasteiger partial charge in [0.1, 0.15) is 11.6 Å². The van der Waals surface area contributed by atoms with Gasteiger partial charge in [0, 0.05) is 21.7 Å². The zero-order valence-corrected chi connectivity index (χ0v) is 17.0. The monoisotopic (exact) mass is 446 g/mol. The number of ether oxygens (including phenoxy) is 1. The van der Waals surface area contributed by atoms with Crippen molar-refractivity contribution in [2.45, 2.75) is 10.7 Å². The number of rotatable bonds is 7. The van der Waals surface area contributed by atoms with Gasteiger partial charge in [0.25, 0.3) is 17.6 Å². The molecule has 0 saturated carbocycles. The lowest BCUT2D eigenvalue weighted by atomic mass is 10.2. The Morgan fingerprint density at radius 2 is 1.61 bits per heavy atom. The van der Waals surface area contributed by atoms with Crippen LogP contribution in [0.15, 0.2) is 71.6 Å². The fourth-order valence-corrected chi connectivity index (χ4v) is 3.20. The highest BCUT2D eigenvalue weighted by atomic mass is 32.2. The molecule has 2 N–H and O–H groups in total. The molecule has 3 rings (SSSR count). The molecular formula is C22H17F3N2O3S. The summed E-state index contributed by atoms with van der Waals surface area (Å²) in [6.45, 7) is 0. The van der Waals surface area contributed by atoms with Crippen molar-refractivity contribution in [3.8, 4) is 5.75 Å². The summed E-state index contributed by atoms with van der Waals surface area (Å²) in [5.41, 5.74) is 1.04. The molecule has 0 radical (unpaired) electrons. The number of anilines is 2. The van der Waals surface area contributed by atoms with Gasteiger partial charge in [0.05, 0.1) is 12.8 Å². The average Bonchev–Trinajstić information content (AvgIpc) is 2.74. The Kier molecular flexibility index (Phi) is 7.19. The Morgan fingerprint density at radius 1 is 0.903 bits per heavy atom.